The molecule has 2 aliphatic rings. The summed E-state index contributed by atoms with van der Waals surface area (Å²) in [4.78, 5) is 40.2. The number of benzene rings is 1. The number of morpholine rings is 1. The van der Waals surface area contributed by atoms with Crippen molar-refractivity contribution in [3.8, 4) is 0 Å². The zero-order valence-corrected chi connectivity index (χ0v) is 20.3. The van der Waals surface area contributed by atoms with E-state index < -0.39 is 17.7 Å². The van der Waals surface area contributed by atoms with Crippen LogP contribution in [0.1, 0.15) is 23.6 Å². The van der Waals surface area contributed by atoms with Gasteiger partial charge in [-0.2, -0.15) is 0 Å². The molecule has 1 unspecified atom stereocenters. The third-order valence-electron chi connectivity index (χ3n) is 6.26. The number of carbonyl (C=O) groups excluding carboxylic acids is 2. The maximum absolute atomic E-state index is 13.2. The molecule has 0 saturated carbocycles. The Morgan fingerprint density at radius 1 is 1.31 bits per heavy atom. The number of nitrogens with one attached hydrogen (secondary N) is 1. The van der Waals surface area contributed by atoms with E-state index in [2.05, 4.69) is 25.9 Å². The number of rotatable bonds is 6. The second-order valence-corrected chi connectivity index (χ2v) is 8.76. The second-order valence-electron chi connectivity index (χ2n) is 8.76. The zero-order chi connectivity index (χ0) is 25.1. The fraction of sp³-hybridized carbons (Fsp3) is 0.333. The number of ether oxygens (including phenoxy) is 3. The van der Waals surface area contributed by atoms with Gasteiger partial charge in [-0.1, -0.05) is 12.1 Å². The molecule has 3 aromatic rings. The lowest BCUT2D eigenvalue weighted by molar-refractivity contribution is -0.147. The fourth-order valence-corrected chi connectivity index (χ4v) is 4.41. The molecule has 2 aliphatic heterocycles. The first-order valence-corrected chi connectivity index (χ1v) is 12.0. The minimum Gasteiger partial charge on any atom is -0.465 e. The SMILES string of the molecule is CCOC(=O)C1C(=O)/C(=C/c2c[nH]c3ncccc23)OC1=Nc1ccc(CN2CCOCC2)cc1C. The minimum atomic E-state index is -1.24. The van der Waals surface area contributed by atoms with Crippen LogP contribution in [0, 0.1) is 12.8 Å². The topological polar surface area (TPSA) is 106 Å². The van der Waals surface area contributed by atoms with E-state index in [1.54, 1.807) is 25.4 Å². The molecule has 1 atom stereocenters. The third kappa shape index (κ3) is 4.93. The van der Waals surface area contributed by atoms with Gasteiger partial charge in [0, 0.05) is 43.0 Å². The van der Waals surface area contributed by atoms with Crippen molar-refractivity contribution in [2.24, 2.45) is 10.9 Å². The van der Waals surface area contributed by atoms with Gasteiger partial charge in [0.1, 0.15) is 5.65 Å². The average Bonchev–Trinajstić information content (AvgIpc) is 3.42. The maximum atomic E-state index is 13.2. The normalized spacial score (nSPS) is 20.8. The molecule has 2 saturated heterocycles. The lowest BCUT2D eigenvalue weighted by Crippen LogP contribution is -2.35. The molecule has 2 aromatic heterocycles. The minimum absolute atomic E-state index is 0.0201. The molecular weight excluding hydrogens is 460 g/mol. The van der Waals surface area contributed by atoms with Gasteiger partial charge in [-0.25, -0.2) is 9.98 Å². The third-order valence-corrected chi connectivity index (χ3v) is 6.26. The molecule has 1 N–H and O–H groups in total. The van der Waals surface area contributed by atoms with Crippen molar-refractivity contribution in [1.82, 2.24) is 14.9 Å². The van der Waals surface area contributed by atoms with Gasteiger partial charge in [-0.05, 0) is 49.2 Å². The summed E-state index contributed by atoms with van der Waals surface area (Å²) in [5.41, 5.74) is 4.15. The molecule has 186 valence electrons. The number of aryl methyl sites for hydroxylation is 1. The number of hydrogen-bond acceptors (Lipinski definition) is 8. The summed E-state index contributed by atoms with van der Waals surface area (Å²) in [6.07, 6.45) is 5.03. The number of H-pyrrole nitrogens is 1. The molecule has 0 spiro atoms. The van der Waals surface area contributed by atoms with Crippen LogP contribution in [-0.2, 0) is 30.3 Å². The smallest absolute Gasteiger partial charge is 0.326 e. The number of carbonyl (C=O) groups is 2. The van der Waals surface area contributed by atoms with Crippen molar-refractivity contribution < 1.29 is 23.8 Å². The first-order chi connectivity index (χ1) is 17.5. The Hall–Kier alpha value is -3.82. The lowest BCUT2D eigenvalue weighted by atomic mass is 10.0. The van der Waals surface area contributed by atoms with Gasteiger partial charge in [0.2, 0.25) is 11.7 Å². The largest absolute Gasteiger partial charge is 0.465 e. The molecular formula is C27H28N4O5. The van der Waals surface area contributed by atoms with E-state index in [1.165, 1.54) is 0 Å². The Balaban J connectivity index is 1.44. The highest BCUT2D eigenvalue weighted by Gasteiger charge is 2.44. The molecule has 0 radical (unpaired) electrons. The van der Waals surface area contributed by atoms with Crippen LogP contribution in [0.4, 0.5) is 5.69 Å². The number of ketones is 1. The summed E-state index contributed by atoms with van der Waals surface area (Å²) in [6, 6.07) is 9.68. The molecule has 1 aromatic carbocycles. The van der Waals surface area contributed by atoms with E-state index in [4.69, 9.17) is 14.2 Å². The van der Waals surface area contributed by atoms with Crippen molar-refractivity contribution in [3.05, 3.63) is 65.2 Å². The molecule has 9 nitrogen and oxygen atoms in total. The average molecular weight is 489 g/mol. The van der Waals surface area contributed by atoms with Crippen molar-refractivity contribution in [1.29, 1.82) is 0 Å². The van der Waals surface area contributed by atoms with Crippen LogP contribution in [-0.4, -0.2) is 65.4 Å². The maximum Gasteiger partial charge on any atom is 0.326 e. The van der Waals surface area contributed by atoms with E-state index >= 15 is 0 Å². The van der Waals surface area contributed by atoms with Crippen LogP contribution in [0.25, 0.3) is 17.1 Å². The van der Waals surface area contributed by atoms with Gasteiger partial charge in [0.15, 0.2) is 11.7 Å². The summed E-state index contributed by atoms with van der Waals surface area (Å²) in [7, 11) is 0. The van der Waals surface area contributed by atoms with E-state index in [9.17, 15) is 9.59 Å². The van der Waals surface area contributed by atoms with Gasteiger partial charge in [-0.3, -0.25) is 14.5 Å². The Morgan fingerprint density at radius 2 is 2.14 bits per heavy atom. The number of aliphatic imine (C=N–C) groups is 1. The highest BCUT2D eigenvalue weighted by Crippen LogP contribution is 2.30. The summed E-state index contributed by atoms with van der Waals surface area (Å²) in [5, 5.41) is 0.839. The summed E-state index contributed by atoms with van der Waals surface area (Å²) in [5.74, 6) is -2.34. The number of aromatic nitrogens is 2. The van der Waals surface area contributed by atoms with Gasteiger partial charge in [0.25, 0.3) is 0 Å². The highest BCUT2D eigenvalue weighted by molar-refractivity contribution is 6.27. The van der Waals surface area contributed by atoms with Crippen molar-refractivity contribution >= 4 is 40.4 Å². The van der Waals surface area contributed by atoms with E-state index in [-0.39, 0.29) is 18.3 Å². The number of nitrogens with zero attached hydrogens (tertiary/aromatic N) is 3. The predicted octanol–water partition coefficient (Wildman–Crippen LogP) is 3.55. The summed E-state index contributed by atoms with van der Waals surface area (Å²) in [6.45, 7) is 7.93. The first kappa shape index (κ1) is 23.9. The summed E-state index contributed by atoms with van der Waals surface area (Å²) >= 11 is 0. The number of esters is 1. The van der Waals surface area contributed by atoms with Crippen molar-refractivity contribution in [3.63, 3.8) is 0 Å². The number of allylic oxidation sites excluding steroid dienone is 1. The van der Waals surface area contributed by atoms with E-state index in [0.717, 1.165) is 54.9 Å². The molecule has 5 rings (SSSR count). The Kier molecular flexibility index (Phi) is 6.92. The van der Waals surface area contributed by atoms with E-state index in [0.29, 0.717) is 11.3 Å². The number of hydrogen-bond donors (Lipinski definition) is 1. The van der Waals surface area contributed by atoms with Crippen LogP contribution < -0.4 is 0 Å². The first-order valence-electron chi connectivity index (χ1n) is 12.0. The second kappa shape index (κ2) is 10.4. The zero-order valence-electron chi connectivity index (χ0n) is 20.3. The molecule has 2 fully saturated rings. The van der Waals surface area contributed by atoms with Crippen LogP contribution in [0.5, 0.6) is 0 Å². The molecule has 4 heterocycles. The monoisotopic (exact) mass is 488 g/mol. The van der Waals surface area contributed by atoms with Crippen molar-refractivity contribution in [2.45, 2.75) is 20.4 Å². The van der Waals surface area contributed by atoms with Crippen molar-refractivity contribution in [2.75, 3.05) is 32.9 Å². The number of Topliss-reactive ketones (excluding diaryl/α,β-unsaturated/α-hetero) is 1. The fourth-order valence-electron chi connectivity index (χ4n) is 4.41. The van der Waals surface area contributed by atoms with Gasteiger partial charge in [0.05, 0.1) is 25.5 Å². The number of pyridine rings is 1. The summed E-state index contributed by atoms with van der Waals surface area (Å²) < 4.78 is 16.5. The molecule has 9 heteroatoms. The highest BCUT2D eigenvalue weighted by atomic mass is 16.5. The number of fused-ring (bicyclic) bond motifs is 1. The quantitative estimate of drug-likeness (QED) is 0.321. The Morgan fingerprint density at radius 3 is 2.92 bits per heavy atom. The standard InChI is InChI=1S/C27H28N4O5/c1-3-35-27(33)23-24(32)22(14-19-15-29-25-20(19)5-4-8-28-25)36-26(23)30-21-7-6-18(13-17(21)2)16-31-9-11-34-12-10-31/h4-8,13-15,23H,3,9-12,16H2,1-2H3,(H,28,29)/b22-14-,30-26?. The number of aromatic amines is 1. The van der Waals surface area contributed by atoms with Crippen LogP contribution in [0.3, 0.4) is 0 Å². The Labute approximate surface area is 208 Å². The molecule has 0 bridgehead atoms. The molecule has 0 amide bonds. The van der Waals surface area contributed by atoms with Crippen LogP contribution in [0.2, 0.25) is 0 Å². The van der Waals surface area contributed by atoms with Gasteiger partial charge in [-0.15, -0.1) is 0 Å². The van der Waals surface area contributed by atoms with Crippen LogP contribution in [0.15, 0.2) is 53.5 Å². The van der Waals surface area contributed by atoms with Gasteiger partial charge >= 0.3 is 5.97 Å². The lowest BCUT2D eigenvalue weighted by Gasteiger charge is -2.26. The predicted molar refractivity (Wildman–Crippen MR) is 135 cm³/mol. The van der Waals surface area contributed by atoms with E-state index in [1.807, 2.05) is 31.2 Å². The van der Waals surface area contributed by atoms with Gasteiger partial charge < -0.3 is 19.2 Å². The molecule has 36 heavy (non-hydrogen) atoms. The molecule has 0 aliphatic carbocycles. The van der Waals surface area contributed by atoms with Crippen LogP contribution >= 0.6 is 0 Å². The Bertz CT molecular complexity index is 1350.